The van der Waals surface area contributed by atoms with Gasteiger partial charge in [-0.05, 0) is 24.6 Å². The second-order valence-corrected chi connectivity index (χ2v) is 5.65. The molecule has 0 spiro atoms. The number of rotatable bonds is 4. The Morgan fingerprint density at radius 3 is 2.52 bits per heavy atom. The molecule has 0 saturated carbocycles. The van der Waals surface area contributed by atoms with Crippen molar-refractivity contribution in [2.24, 2.45) is 7.05 Å². The summed E-state index contributed by atoms with van der Waals surface area (Å²) in [6.07, 6.45) is 4.33. The molecule has 1 aliphatic rings. The molecular weight excluding hydrogens is 290 g/mol. The average Bonchev–Trinajstić information content (AvgIpc) is 3.16. The van der Waals surface area contributed by atoms with Crippen LogP contribution in [0.25, 0.3) is 0 Å². The lowest BCUT2D eigenvalue weighted by atomic mass is 10.2. The Morgan fingerprint density at radius 1 is 1.22 bits per heavy atom. The Kier molecular flexibility index (Phi) is 4.32. The summed E-state index contributed by atoms with van der Waals surface area (Å²) in [7, 11) is 1.80. The lowest BCUT2D eigenvalue weighted by Gasteiger charge is -2.17. The van der Waals surface area contributed by atoms with Crippen molar-refractivity contribution in [3.63, 3.8) is 0 Å². The van der Waals surface area contributed by atoms with Crippen molar-refractivity contribution < 1.29 is 4.79 Å². The number of carbonyl (C=O) groups is 1. The largest absolute Gasteiger partial charge is 0.364 e. The van der Waals surface area contributed by atoms with Gasteiger partial charge in [0.25, 0.3) is 0 Å². The van der Waals surface area contributed by atoms with Gasteiger partial charge in [0.2, 0.25) is 0 Å². The average molecular weight is 311 g/mol. The fourth-order valence-electron chi connectivity index (χ4n) is 2.58. The minimum absolute atomic E-state index is 0.235. The lowest BCUT2D eigenvalue weighted by Crippen LogP contribution is -2.29. The molecule has 2 N–H and O–H groups in total. The summed E-state index contributed by atoms with van der Waals surface area (Å²) < 4.78 is 1.65. The normalized spacial score (nSPS) is 13.4. The maximum atomic E-state index is 11.9. The second-order valence-electron chi connectivity index (χ2n) is 5.65. The third-order valence-corrected chi connectivity index (χ3v) is 3.82. The fourth-order valence-corrected chi connectivity index (χ4v) is 2.58. The molecule has 2 heterocycles. The summed E-state index contributed by atoms with van der Waals surface area (Å²) in [5, 5.41) is 9.84. The monoisotopic (exact) mass is 311 g/mol. The first-order valence-electron chi connectivity index (χ1n) is 7.66. The van der Waals surface area contributed by atoms with Crippen molar-refractivity contribution in [2.45, 2.75) is 13.5 Å². The highest BCUT2D eigenvalue weighted by atomic mass is 16.2. The topological polar surface area (TPSA) is 62.2 Å². The number of anilines is 2. The van der Waals surface area contributed by atoms with E-state index in [4.69, 9.17) is 0 Å². The molecule has 0 atom stereocenters. The molecule has 23 heavy (non-hydrogen) atoms. The molecule has 0 bridgehead atoms. The number of hydrogen-bond donors (Lipinski definition) is 2. The zero-order chi connectivity index (χ0) is 16.2. The molecule has 6 nitrogen and oxygen atoms in total. The third-order valence-electron chi connectivity index (χ3n) is 3.82. The molecule has 3 rings (SSSR count). The van der Waals surface area contributed by atoms with Crippen LogP contribution in [-0.4, -0.2) is 28.9 Å². The molecule has 2 aromatic rings. The van der Waals surface area contributed by atoms with E-state index in [0.29, 0.717) is 12.4 Å². The first-order chi connectivity index (χ1) is 11.1. The van der Waals surface area contributed by atoms with E-state index in [2.05, 4.69) is 44.9 Å². The molecule has 0 aliphatic carbocycles. The van der Waals surface area contributed by atoms with Gasteiger partial charge in [0.05, 0.1) is 5.69 Å². The van der Waals surface area contributed by atoms with Gasteiger partial charge in [-0.15, -0.1) is 0 Å². The summed E-state index contributed by atoms with van der Waals surface area (Å²) in [4.78, 5) is 14.2. The fraction of sp³-hybridized carbons (Fsp3) is 0.294. The molecule has 1 aliphatic heterocycles. The summed E-state index contributed by atoms with van der Waals surface area (Å²) >= 11 is 0. The summed E-state index contributed by atoms with van der Waals surface area (Å²) in [6.45, 7) is 4.30. The Morgan fingerprint density at radius 2 is 1.91 bits per heavy atom. The van der Waals surface area contributed by atoms with Crippen LogP contribution in [0.3, 0.4) is 0 Å². The highest BCUT2D eigenvalue weighted by molar-refractivity contribution is 5.88. The highest BCUT2D eigenvalue weighted by Gasteiger charge is 2.08. The van der Waals surface area contributed by atoms with E-state index >= 15 is 0 Å². The van der Waals surface area contributed by atoms with Gasteiger partial charge in [0, 0.05) is 38.4 Å². The van der Waals surface area contributed by atoms with Crippen molar-refractivity contribution in [1.29, 1.82) is 0 Å². The maximum Gasteiger partial charge on any atom is 0.320 e. The number of nitrogens with zero attached hydrogens (tertiary/aromatic N) is 3. The number of hydrogen-bond acceptors (Lipinski definition) is 3. The van der Waals surface area contributed by atoms with E-state index in [1.54, 1.807) is 11.7 Å². The first-order valence-corrected chi connectivity index (χ1v) is 7.66. The summed E-state index contributed by atoms with van der Waals surface area (Å²) in [5.41, 5.74) is 3.14. The summed E-state index contributed by atoms with van der Waals surface area (Å²) in [6, 6.07) is 9.86. The van der Waals surface area contributed by atoms with Crippen LogP contribution < -0.4 is 15.5 Å². The molecule has 120 valence electrons. The predicted molar refractivity (Wildman–Crippen MR) is 91.6 cm³/mol. The van der Waals surface area contributed by atoms with Crippen LogP contribution in [0, 0.1) is 6.92 Å². The van der Waals surface area contributed by atoms with Crippen LogP contribution in [-0.2, 0) is 13.6 Å². The Labute approximate surface area is 135 Å². The van der Waals surface area contributed by atoms with Crippen LogP contribution in [0.15, 0.2) is 42.5 Å². The SMILES string of the molecule is Cc1cc(NC(=O)NCc2ccc(N3CC=CC3)cc2)n(C)n1. The molecule has 0 fully saturated rings. The minimum atomic E-state index is -0.235. The number of carbonyl (C=O) groups excluding carboxylic acids is 1. The maximum absolute atomic E-state index is 11.9. The molecule has 6 heteroatoms. The van der Waals surface area contributed by atoms with Crippen LogP contribution in [0.4, 0.5) is 16.3 Å². The smallest absolute Gasteiger partial charge is 0.320 e. The van der Waals surface area contributed by atoms with E-state index in [-0.39, 0.29) is 6.03 Å². The number of nitrogens with one attached hydrogen (secondary N) is 2. The van der Waals surface area contributed by atoms with Crippen molar-refractivity contribution in [3.05, 3.63) is 53.7 Å². The second kappa shape index (κ2) is 6.56. The van der Waals surface area contributed by atoms with Gasteiger partial charge in [-0.1, -0.05) is 24.3 Å². The van der Waals surface area contributed by atoms with Gasteiger partial charge in [-0.25, -0.2) is 4.79 Å². The van der Waals surface area contributed by atoms with E-state index in [9.17, 15) is 4.79 Å². The molecule has 0 radical (unpaired) electrons. The first kappa shape index (κ1) is 15.1. The lowest BCUT2D eigenvalue weighted by molar-refractivity contribution is 0.251. The van der Waals surface area contributed by atoms with Gasteiger partial charge in [0.1, 0.15) is 5.82 Å². The van der Waals surface area contributed by atoms with E-state index in [1.807, 2.05) is 25.1 Å². The molecule has 1 aromatic carbocycles. The van der Waals surface area contributed by atoms with Gasteiger partial charge in [0.15, 0.2) is 0 Å². The van der Waals surface area contributed by atoms with Crippen molar-refractivity contribution in [1.82, 2.24) is 15.1 Å². The molecule has 1 aromatic heterocycles. The van der Waals surface area contributed by atoms with E-state index in [1.165, 1.54) is 5.69 Å². The summed E-state index contributed by atoms with van der Waals surface area (Å²) in [5.74, 6) is 0.678. The van der Waals surface area contributed by atoms with E-state index in [0.717, 1.165) is 24.3 Å². The molecule has 0 unspecified atom stereocenters. The Bertz CT molecular complexity index is 709. The molecular formula is C17H21N5O. The minimum Gasteiger partial charge on any atom is -0.364 e. The molecule has 0 saturated heterocycles. The van der Waals surface area contributed by atoms with Gasteiger partial charge in [-0.3, -0.25) is 10.00 Å². The van der Waals surface area contributed by atoms with Crippen LogP contribution in [0.2, 0.25) is 0 Å². The number of aryl methyl sites for hydroxylation is 2. The predicted octanol–water partition coefficient (Wildman–Crippen LogP) is 2.43. The quantitative estimate of drug-likeness (QED) is 0.853. The Hall–Kier alpha value is -2.76. The van der Waals surface area contributed by atoms with Crippen molar-refractivity contribution >= 4 is 17.5 Å². The number of urea groups is 1. The van der Waals surface area contributed by atoms with Gasteiger partial charge in [-0.2, -0.15) is 5.10 Å². The standard InChI is InChI=1S/C17H21N5O/c1-13-11-16(21(2)20-13)19-17(23)18-12-14-5-7-15(8-6-14)22-9-3-4-10-22/h3-8,11H,9-10,12H2,1-2H3,(H2,18,19,23). The number of amides is 2. The van der Waals surface area contributed by atoms with Gasteiger partial charge < -0.3 is 10.2 Å². The third kappa shape index (κ3) is 3.71. The highest BCUT2D eigenvalue weighted by Crippen LogP contribution is 2.17. The zero-order valence-corrected chi connectivity index (χ0v) is 13.4. The van der Waals surface area contributed by atoms with Crippen molar-refractivity contribution in [2.75, 3.05) is 23.3 Å². The van der Waals surface area contributed by atoms with Crippen LogP contribution in [0.5, 0.6) is 0 Å². The van der Waals surface area contributed by atoms with E-state index < -0.39 is 0 Å². The van der Waals surface area contributed by atoms with Crippen molar-refractivity contribution in [3.8, 4) is 0 Å². The van der Waals surface area contributed by atoms with Crippen LogP contribution >= 0.6 is 0 Å². The van der Waals surface area contributed by atoms with Gasteiger partial charge >= 0.3 is 6.03 Å². The zero-order valence-electron chi connectivity index (χ0n) is 13.4. The number of benzene rings is 1. The van der Waals surface area contributed by atoms with Crippen LogP contribution in [0.1, 0.15) is 11.3 Å². The number of aromatic nitrogens is 2. The Balaban J connectivity index is 1.51. The molecule has 2 amide bonds.